The Balaban J connectivity index is 1.55. The number of anilines is 2. The molecule has 1 aromatic carbocycles. The number of carbonyl (C=O) groups is 1. The number of nitrogens with one attached hydrogen (secondary N) is 3. The topological polar surface area (TPSA) is 126 Å². The molecule has 0 fully saturated rings. The van der Waals surface area contributed by atoms with Gasteiger partial charge in [-0.3, -0.25) is 10.0 Å². The van der Waals surface area contributed by atoms with Crippen LogP contribution >= 0.6 is 0 Å². The second-order valence-corrected chi connectivity index (χ2v) is 7.79. The maximum absolute atomic E-state index is 14.8. The smallest absolute Gasteiger partial charge is 0.408 e. The van der Waals surface area contributed by atoms with E-state index in [4.69, 9.17) is 4.74 Å². The fraction of sp³-hybridized carbons (Fsp3) is 0. The van der Waals surface area contributed by atoms with Gasteiger partial charge in [0.15, 0.2) is 16.6 Å². The first kappa shape index (κ1) is 20.2. The summed E-state index contributed by atoms with van der Waals surface area (Å²) in [6, 6.07) is 9.02. The van der Waals surface area contributed by atoms with Gasteiger partial charge < -0.3 is 9.72 Å². The maximum atomic E-state index is 14.8. The minimum atomic E-state index is -4.24. The summed E-state index contributed by atoms with van der Waals surface area (Å²) >= 11 is 0. The number of rotatable bonds is 5. The summed E-state index contributed by atoms with van der Waals surface area (Å²) in [5.41, 5.74) is -0.905. The van der Waals surface area contributed by atoms with E-state index in [1.165, 1.54) is 36.7 Å². The van der Waals surface area contributed by atoms with E-state index in [2.05, 4.69) is 15.0 Å². The predicted octanol–water partition coefficient (Wildman–Crippen LogP) is 3.65. The molecule has 1 amide bonds. The van der Waals surface area contributed by atoms with Crippen molar-refractivity contribution in [3.8, 4) is 5.75 Å². The molecule has 3 N–H and O–H groups in total. The minimum absolute atomic E-state index is 0.0393. The van der Waals surface area contributed by atoms with Crippen molar-refractivity contribution in [2.45, 2.75) is 5.03 Å². The molecule has 0 bridgehead atoms. The number of ether oxygens (including phenoxy) is 1. The largest absolute Gasteiger partial charge is 0.417 e. The molecule has 4 aromatic rings. The zero-order valence-corrected chi connectivity index (χ0v) is 16.3. The van der Waals surface area contributed by atoms with Gasteiger partial charge in [-0.2, -0.15) is 8.42 Å². The fourth-order valence-electron chi connectivity index (χ4n) is 2.66. The van der Waals surface area contributed by atoms with Crippen LogP contribution in [0.15, 0.2) is 66.1 Å². The first-order chi connectivity index (χ1) is 14.8. The van der Waals surface area contributed by atoms with Crippen LogP contribution in [0.3, 0.4) is 0 Å². The van der Waals surface area contributed by atoms with Crippen LogP contribution in [0.5, 0.6) is 5.75 Å². The maximum Gasteiger partial charge on any atom is 0.417 e. The number of fused-ring (bicyclic) bond motifs is 1. The molecule has 0 aliphatic rings. The minimum Gasteiger partial charge on any atom is -0.408 e. The molecule has 0 spiro atoms. The van der Waals surface area contributed by atoms with E-state index in [0.29, 0.717) is 11.0 Å². The van der Waals surface area contributed by atoms with Crippen molar-refractivity contribution in [3.63, 3.8) is 0 Å². The average Bonchev–Trinajstić information content (AvgIpc) is 3.22. The number of aromatic amines is 1. The number of aromatic nitrogens is 3. The van der Waals surface area contributed by atoms with E-state index in [1.807, 2.05) is 10.0 Å². The van der Waals surface area contributed by atoms with Crippen LogP contribution in [0.1, 0.15) is 0 Å². The third-order valence-electron chi connectivity index (χ3n) is 4.06. The lowest BCUT2D eigenvalue weighted by Crippen LogP contribution is -2.20. The molecule has 0 saturated carbocycles. The van der Waals surface area contributed by atoms with Gasteiger partial charge in [-0.15, -0.1) is 0 Å². The predicted molar refractivity (Wildman–Crippen MR) is 107 cm³/mol. The van der Waals surface area contributed by atoms with Crippen molar-refractivity contribution >= 4 is 38.5 Å². The van der Waals surface area contributed by atoms with Crippen LogP contribution < -0.4 is 14.8 Å². The Hall–Kier alpha value is -4.06. The van der Waals surface area contributed by atoms with Gasteiger partial charge >= 0.3 is 6.09 Å². The number of hydrogen-bond acceptors (Lipinski definition) is 6. The Bertz CT molecular complexity index is 1380. The third kappa shape index (κ3) is 4.28. The van der Waals surface area contributed by atoms with E-state index in [9.17, 15) is 22.0 Å². The van der Waals surface area contributed by atoms with Crippen molar-refractivity contribution in [3.05, 3.63) is 72.7 Å². The summed E-state index contributed by atoms with van der Waals surface area (Å²) in [5, 5.41) is 2.24. The van der Waals surface area contributed by atoms with Crippen molar-refractivity contribution in [2.75, 3.05) is 10.0 Å². The molecule has 0 atom stereocenters. The Morgan fingerprint density at radius 2 is 1.94 bits per heavy atom. The lowest BCUT2D eigenvalue weighted by molar-refractivity contribution is 0.215. The third-order valence-corrected chi connectivity index (χ3v) is 5.34. The number of benzene rings is 1. The molecule has 0 saturated heterocycles. The molecule has 3 heterocycles. The Morgan fingerprint density at radius 3 is 2.71 bits per heavy atom. The number of hydrogen-bond donors (Lipinski definition) is 3. The van der Waals surface area contributed by atoms with Gasteiger partial charge in [0.05, 0.1) is 11.9 Å². The number of halogens is 2. The van der Waals surface area contributed by atoms with E-state index in [-0.39, 0.29) is 10.8 Å². The first-order valence-electron chi connectivity index (χ1n) is 8.67. The first-order valence-corrected chi connectivity index (χ1v) is 10.2. The van der Waals surface area contributed by atoms with E-state index >= 15 is 0 Å². The lowest BCUT2D eigenvalue weighted by Gasteiger charge is -2.13. The highest BCUT2D eigenvalue weighted by molar-refractivity contribution is 7.92. The monoisotopic (exact) mass is 445 g/mol. The normalized spacial score (nSPS) is 11.3. The molecular formula is C19H13F2N5O4S. The summed E-state index contributed by atoms with van der Waals surface area (Å²) in [7, 11) is -4.24. The molecule has 0 radical (unpaired) electrons. The molecule has 3 aromatic heterocycles. The molecule has 0 aliphatic heterocycles. The van der Waals surface area contributed by atoms with E-state index in [1.54, 1.807) is 12.3 Å². The molecule has 31 heavy (non-hydrogen) atoms. The summed E-state index contributed by atoms with van der Waals surface area (Å²) < 4.78 is 60.6. The van der Waals surface area contributed by atoms with Crippen LogP contribution in [0.25, 0.3) is 11.0 Å². The van der Waals surface area contributed by atoms with E-state index in [0.717, 1.165) is 12.1 Å². The summed E-state index contributed by atoms with van der Waals surface area (Å²) in [6.45, 7) is 0. The number of H-pyrrole nitrogens is 1. The Morgan fingerprint density at radius 1 is 1.10 bits per heavy atom. The van der Waals surface area contributed by atoms with Crippen molar-refractivity contribution in [2.24, 2.45) is 0 Å². The highest BCUT2D eigenvalue weighted by Gasteiger charge is 2.22. The lowest BCUT2D eigenvalue weighted by atomic mass is 10.2. The number of sulfonamides is 1. The number of carbonyl (C=O) groups excluding carboxylic acids is 1. The van der Waals surface area contributed by atoms with Crippen molar-refractivity contribution < 1.29 is 26.7 Å². The van der Waals surface area contributed by atoms with Gasteiger partial charge in [0.25, 0.3) is 10.0 Å². The van der Waals surface area contributed by atoms with E-state index < -0.39 is 39.1 Å². The van der Waals surface area contributed by atoms with Crippen LogP contribution in [-0.2, 0) is 10.0 Å². The molecule has 0 unspecified atom stereocenters. The fourth-order valence-corrected chi connectivity index (χ4v) is 3.67. The number of amides is 1. The van der Waals surface area contributed by atoms with Gasteiger partial charge in [0.2, 0.25) is 0 Å². The number of pyridine rings is 2. The average molecular weight is 445 g/mol. The SMILES string of the molecule is O=C(Nc1c(F)ccc(NS(=O)(=O)c2ccccn2)c1F)Oc1cnc2[nH]ccc2c1. The Labute approximate surface area is 174 Å². The quantitative estimate of drug-likeness (QED) is 0.431. The molecule has 158 valence electrons. The molecular weight excluding hydrogens is 432 g/mol. The zero-order chi connectivity index (χ0) is 22.0. The van der Waals surface area contributed by atoms with Crippen LogP contribution in [-0.4, -0.2) is 29.5 Å². The number of nitrogens with zero attached hydrogens (tertiary/aromatic N) is 2. The summed E-state index contributed by atoms with van der Waals surface area (Å²) in [4.78, 5) is 22.7. The highest BCUT2D eigenvalue weighted by Crippen LogP contribution is 2.28. The van der Waals surface area contributed by atoms with Crippen molar-refractivity contribution in [1.82, 2.24) is 15.0 Å². The van der Waals surface area contributed by atoms with Gasteiger partial charge in [-0.1, -0.05) is 6.07 Å². The van der Waals surface area contributed by atoms with Gasteiger partial charge in [-0.25, -0.2) is 23.5 Å². The van der Waals surface area contributed by atoms with Crippen LogP contribution in [0.2, 0.25) is 0 Å². The van der Waals surface area contributed by atoms with Crippen LogP contribution in [0, 0.1) is 11.6 Å². The van der Waals surface area contributed by atoms with Gasteiger partial charge in [0, 0.05) is 17.8 Å². The molecule has 4 rings (SSSR count). The van der Waals surface area contributed by atoms with Gasteiger partial charge in [0.1, 0.15) is 17.2 Å². The van der Waals surface area contributed by atoms with Crippen LogP contribution in [0.4, 0.5) is 25.0 Å². The molecule has 9 nitrogen and oxygen atoms in total. The second kappa shape index (κ2) is 7.99. The molecule has 12 heteroatoms. The molecule has 0 aliphatic carbocycles. The summed E-state index contributed by atoms with van der Waals surface area (Å²) in [5.74, 6) is -2.43. The standard InChI is InChI=1S/C19H13F2N5O4S/c20-13-4-5-14(26-31(28,29)15-3-1-2-7-22-15)16(21)17(13)25-19(27)30-12-9-11-6-8-23-18(11)24-10-12/h1-10,26H,(H,23,24)(H,25,27). The Kier molecular flexibility index (Phi) is 5.21. The second-order valence-electron chi connectivity index (χ2n) is 6.16. The van der Waals surface area contributed by atoms with Crippen molar-refractivity contribution in [1.29, 1.82) is 0 Å². The summed E-state index contributed by atoms with van der Waals surface area (Å²) in [6.07, 6.45) is 2.95. The van der Waals surface area contributed by atoms with Gasteiger partial charge in [-0.05, 0) is 36.4 Å². The highest BCUT2D eigenvalue weighted by atomic mass is 32.2. The zero-order valence-electron chi connectivity index (χ0n) is 15.5.